The zero-order chi connectivity index (χ0) is 24.9. The summed E-state index contributed by atoms with van der Waals surface area (Å²) in [5.41, 5.74) is 1.79. The number of alkyl halides is 3. The Labute approximate surface area is 196 Å². The van der Waals surface area contributed by atoms with E-state index in [1.807, 2.05) is 55.5 Å². The highest BCUT2D eigenvalue weighted by molar-refractivity contribution is 5.79. The number of rotatable bonds is 8. The molecule has 0 saturated heterocycles. The summed E-state index contributed by atoms with van der Waals surface area (Å²) in [6.07, 6.45) is -1.47. The maximum absolute atomic E-state index is 13.6. The number of benzene rings is 3. The second-order valence-corrected chi connectivity index (χ2v) is 8.29. The molecule has 0 heterocycles. The summed E-state index contributed by atoms with van der Waals surface area (Å²) in [5.74, 6) is -1.25. The van der Waals surface area contributed by atoms with E-state index in [0.717, 1.165) is 28.3 Å². The topological polar surface area (TPSA) is 69.6 Å². The Morgan fingerprint density at radius 1 is 0.971 bits per heavy atom. The van der Waals surface area contributed by atoms with Crippen LogP contribution in [0.15, 0.2) is 66.7 Å². The van der Waals surface area contributed by atoms with Crippen LogP contribution in [0.2, 0.25) is 0 Å². The smallest absolute Gasteiger partial charge is 0.416 e. The molecule has 4 nitrogen and oxygen atoms in total. The van der Waals surface area contributed by atoms with Crippen molar-refractivity contribution in [3.05, 3.63) is 94.5 Å². The minimum Gasteiger partial charge on any atom is -0.480 e. The van der Waals surface area contributed by atoms with E-state index in [4.69, 9.17) is 0 Å². The van der Waals surface area contributed by atoms with Gasteiger partial charge >= 0.3 is 12.1 Å². The highest BCUT2D eigenvalue weighted by Gasteiger charge is 2.34. The molecule has 0 aliphatic rings. The number of aliphatic hydroxyl groups is 1. The summed E-state index contributed by atoms with van der Waals surface area (Å²) < 4.78 is 40.9. The second kappa shape index (κ2) is 10.2. The fraction of sp³-hybridized carbons (Fsp3) is 0.222. The highest BCUT2D eigenvalue weighted by Crippen LogP contribution is 2.34. The number of carboxylic acids is 1. The SMILES string of the molecule is Cc1c(/C=C/c2cc(CNC(C)(CO)C(=O)O)ccc2C(F)(F)F)cccc1-c1ccccc1. The van der Waals surface area contributed by atoms with Gasteiger partial charge in [-0.2, -0.15) is 13.2 Å². The van der Waals surface area contributed by atoms with Crippen LogP contribution in [0.1, 0.15) is 34.7 Å². The summed E-state index contributed by atoms with van der Waals surface area (Å²) in [4.78, 5) is 11.4. The molecule has 0 bridgehead atoms. The Bertz CT molecular complexity index is 1190. The fourth-order valence-corrected chi connectivity index (χ4v) is 3.56. The molecule has 34 heavy (non-hydrogen) atoms. The van der Waals surface area contributed by atoms with E-state index < -0.39 is 29.9 Å². The van der Waals surface area contributed by atoms with Crippen molar-refractivity contribution < 1.29 is 28.2 Å². The maximum atomic E-state index is 13.6. The van der Waals surface area contributed by atoms with Crippen LogP contribution >= 0.6 is 0 Å². The monoisotopic (exact) mass is 469 g/mol. The van der Waals surface area contributed by atoms with Crippen molar-refractivity contribution >= 4 is 18.1 Å². The van der Waals surface area contributed by atoms with Gasteiger partial charge in [-0.3, -0.25) is 10.1 Å². The third kappa shape index (κ3) is 5.73. The summed E-state index contributed by atoms with van der Waals surface area (Å²) in [7, 11) is 0. The minimum atomic E-state index is -4.55. The Balaban J connectivity index is 1.95. The number of nitrogens with one attached hydrogen (secondary N) is 1. The van der Waals surface area contributed by atoms with Crippen molar-refractivity contribution in [3.8, 4) is 11.1 Å². The van der Waals surface area contributed by atoms with E-state index in [2.05, 4.69) is 5.32 Å². The van der Waals surface area contributed by atoms with E-state index in [-0.39, 0.29) is 12.1 Å². The van der Waals surface area contributed by atoms with Crippen LogP contribution in [-0.4, -0.2) is 28.3 Å². The van der Waals surface area contributed by atoms with Crippen LogP contribution in [0, 0.1) is 6.92 Å². The number of aliphatic hydroxyl groups excluding tert-OH is 1. The second-order valence-electron chi connectivity index (χ2n) is 8.29. The third-order valence-corrected chi connectivity index (χ3v) is 5.80. The Hall–Kier alpha value is -3.42. The average molecular weight is 470 g/mol. The molecule has 3 aromatic rings. The molecule has 0 amide bonds. The van der Waals surface area contributed by atoms with Gasteiger partial charge in [0.05, 0.1) is 12.2 Å². The first-order valence-electron chi connectivity index (χ1n) is 10.7. The van der Waals surface area contributed by atoms with Gasteiger partial charge in [-0.25, -0.2) is 0 Å². The summed E-state index contributed by atoms with van der Waals surface area (Å²) in [5, 5.41) is 21.4. The highest BCUT2D eigenvalue weighted by atomic mass is 19.4. The first-order chi connectivity index (χ1) is 16.0. The summed E-state index contributed by atoms with van der Waals surface area (Å²) >= 11 is 0. The van der Waals surface area contributed by atoms with Crippen molar-refractivity contribution in [1.82, 2.24) is 5.32 Å². The zero-order valence-electron chi connectivity index (χ0n) is 18.9. The number of halogens is 3. The standard InChI is InChI=1S/C27H26F3NO3/c1-18-20(9-6-10-23(18)21-7-4-3-5-8-21)12-13-22-15-19(11-14-24(22)27(28,29)30)16-31-26(2,17-32)25(33)34/h3-15,31-32H,16-17H2,1-2H3,(H,33,34)/b13-12+. The van der Waals surface area contributed by atoms with Crippen LogP contribution in [0.4, 0.5) is 13.2 Å². The predicted octanol–water partition coefficient (Wildman–Crippen LogP) is 5.78. The van der Waals surface area contributed by atoms with E-state index in [1.54, 1.807) is 6.08 Å². The fourth-order valence-electron chi connectivity index (χ4n) is 3.56. The van der Waals surface area contributed by atoms with Gasteiger partial charge < -0.3 is 10.2 Å². The molecule has 178 valence electrons. The molecule has 7 heteroatoms. The lowest BCUT2D eigenvalue weighted by molar-refractivity contribution is -0.146. The predicted molar refractivity (Wildman–Crippen MR) is 127 cm³/mol. The number of aliphatic carboxylic acids is 1. The first-order valence-corrected chi connectivity index (χ1v) is 10.7. The summed E-state index contributed by atoms with van der Waals surface area (Å²) in [6, 6.07) is 19.1. The molecule has 0 aliphatic heterocycles. The average Bonchev–Trinajstić information content (AvgIpc) is 2.81. The molecular weight excluding hydrogens is 443 g/mol. The van der Waals surface area contributed by atoms with Crippen LogP contribution in [0.3, 0.4) is 0 Å². The molecule has 0 saturated carbocycles. The van der Waals surface area contributed by atoms with Gasteiger partial charge in [0.1, 0.15) is 5.54 Å². The summed E-state index contributed by atoms with van der Waals surface area (Å²) in [6.45, 7) is 2.55. The van der Waals surface area contributed by atoms with Crippen LogP contribution in [0.5, 0.6) is 0 Å². The Morgan fingerprint density at radius 3 is 2.26 bits per heavy atom. The van der Waals surface area contributed by atoms with Crippen LogP contribution in [0.25, 0.3) is 23.3 Å². The van der Waals surface area contributed by atoms with Gasteiger partial charge in [-0.15, -0.1) is 0 Å². The lowest BCUT2D eigenvalue weighted by Gasteiger charge is -2.24. The maximum Gasteiger partial charge on any atom is 0.416 e. The molecule has 3 rings (SSSR count). The van der Waals surface area contributed by atoms with Gasteiger partial charge in [0.2, 0.25) is 0 Å². The van der Waals surface area contributed by atoms with E-state index in [1.165, 1.54) is 25.1 Å². The van der Waals surface area contributed by atoms with Crippen LogP contribution < -0.4 is 5.32 Å². The normalized spacial score (nSPS) is 13.7. The number of hydrogen-bond acceptors (Lipinski definition) is 3. The Kier molecular flexibility index (Phi) is 7.59. The van der Waals surface area contributed by atoms with Crippen LogP contribution in [-0.2, 0) is 17.5 Å². The van der Waals surface area contributed by atoms with E-state index in [0.29, 0.717) is 5.56 Å². The van der Waals surface area contributed by atoms with Gasteiger partial charge in [-0.1, -0.05) is 66.7 Å². The molecule has 3 N–H and O–H groups in total. The molecule has 0 spiro atoms. The van der Waals surface area contributed by atoms with E-state index in [9.17, 15) is 28.2 Å². The largest absolute Gasteiger partial charge is 0.480 e. The van der Waals surface area contributed by atoms with Crippen molar-refractivity contribution in [1.29, 1.82) is 0 Å². The van der Waals surface area contributed by atoms with Gasteiger partial charge in [0.25, 0.3) is 0 Å². The quantitative estimate of drug-likeness (QED) is 0.366. The lowest BCUT2D eigenvalue weighted by Crippen LogP contribution is -2.52. The molecular formula is C27H26F3NO3. The van der Waals surface area contributed by atoms with Crippen molar-refractivity contribution in [3.63, 3.8) is 0 Å². The third-order valence-electron chi connectivity index (χ3n) is 5.80. The molecule has 0 aromatic heterocycles. The van der Waals surface area contributed by atoms with Crippen molar-refractivity contribution in [2.24, 2.45) is 0 Å². The van der Waals surface area contributed by atoms with E-state index >= 15 is 0 Å². The molecule has 0 aliphatic carbocycles. The molecule has 1 unspecified atom stereocenters. The number of hydrogen-bond donors (Lipinski definition) is 3. The van der Waals surface area contributed by atoms with Gasteiger partial charge in [-0.05, 0) is 59.4 Å². The Morgan fingerprint density at radius 2 is 1.65 bits per heavy atom. The van der Waals surface area contributed by atoms with Crippen molar-refractivity contribution in [2.45, 2.75) is 32.1 Å². The molecule has 3 aromatic carbocycles. The van der Waals surface area contributed by atoms with Gasteiger partial charge in [0.15, 0.2) is 0 Å². The minimum absolute atomic E-state index is 0.0230. The number of carbonyl (C=O) groups is 1. The van der Waals surface area contributed by atoms with Crippen molar-refractivity contribution in [2.75, 3.05) is 6.61 Å². The molecule has 1 atom stereocenters. The number of carboxylic acid groups (broad SMARTS) is 1. The molecule has 0 fully saturated rings. The first kappa shape index (κ1) is 25.2. The van der Waals surface area contributed by atoms with Gasteiger partial charge in [0, 0.05) is 6.54 Å². The zero-order valence-corrected chi connectivity index (χ0v) is 18.9. The molecule has 0 radical (unpaired) electrons. The lowest BCUT2D eigenvalue weighted by atomic mass is 9.95.